The standard InChI is InChI=1S/C28H28N2O6/c1-35-18-25(27(33)30(16-26(31)32)15-19-9-3-2-4-10-19)29-28(34)36-17-24-22-13-7-5-11-20(22)21-12-6-8-14-23(21)24/h2-14,24-25H,15-18H2,1H3,(H,29,34)(H,31,32)/t25-/m0/s1. The van der Waals surface area contributed by atoms with Crippen LogP contribution < -0.4 is 5.32 Å². The van der Waals surface area contributed by atoms with Crippen LogP contribution >= 0.6 is 0 Å². The average molecular weight is 489 g/mol. The maximum atomic E-state index is 13.2. The average Bonchev–Trinajstić information content (AvgIpc) is 3.20. The number of alkyl carbamates (subject to hydrolysis) is 1. The number of hydrogen-bond acceptors (Lipinski definition) is 5. The SMILES string of the molecule is COC[C@H](NC(=O)OCC1c2ccccc2-c2ccccc21)C(=O)N(CC(=O)O)Cc1ccccc1. The molecule has 3 aromatic rings. The summed E-state index contributed by atoms with van der Waals surface area (Å²) >= 11 is 0. The third-order valence-corrected chi connectivity index (χ3v) is 6.12. The predicted octanol–water partition coefficient (Wildman–Crippen LogP) is 3.65. The summed E-state index contributed by atoms with van der Waals surface area (Å²) in [5.41, 5.74) is 5.14. The molecule has 0 aliphatic heterocycles. The fourth-order valence-corrected chi connectivity index (χ4v) is 4.52. The van der Waals surface area contributed by atoms with Crippen molar-refractivity contribution in [3.8, 4) is 11.1 Å². The predicted molar refractivity (Wildman–Crippen MR) is 133 cm³/mol. The van der Waals surface area contributed by atoms with Crippen LogP contribution in [0.1, 0.15) is 22.6 Å². The highest BCUT2D eigenvalue weighted by Gasteiger charge is 2.31. The van der Waals surface area contributed by atoms with Crippen molar-refractivity contribution in [2.24, 2.45) is 0 Å². The van der Waals surface area contributed by atoms with E-state index in [9.17, 15) is 19.5 Å². The van der Waals surface area contributed by atoms with Gasteiger partial charge in [0, 0.05) is 19.6 Å². The Morgan fingerprint density at radius 3 is 2.08 bits per heavy atom. The van der Waals surface area contributed by atoms with Gasteiger partial charge in [0.2, 0.25) is 5.91 Å². The van der Waals surface area contributed by atoms with Gasteiger partial charge in [0.1, 0.15) is 19.2 Å². The molecule has 1 atom stereocenters. The van der Waals surface area contributed by atoms with Gasteiger partial charge in [0.25, 0.3) is 0 Å². The molecule has 0 fully saturated rings. The number of carboxylic acid groups (broad SMARTS) is 1. The van der Waals surface area contributed by atoms with E-state index < -0.39 is 30.6 Å². The first kappa shape index (κ1) is 24.9. The number of nitrogens with one attached hydrogen (secondary N) is 1. The lowest BCUT2D eigenvalue weighted by Gasteiger charge is -2.26. The number of nitrogens with zero attached hydrogens (tertiary/aromatic N) is 1. The second-order valence-electron chi connectivity index (χ2n) is 8.55. The Hall–Kier alpha value is -4.17. The normalized spacial score (nSPS) is 12.8. The first-order chi connectivity index (χ1) is 17.5. The molecule has 0 unspecified atom stereocenters. The number of carboxylic acids is 1. The number of fused-ring (bicyclic) bond motifs is 3. The molecule has 36 heavy (non-hydrogen) atoms. The van der Waals surface area contributed by atoms with Crippen molar-refractivity contribution < 1.29 is 29.0 Å². The van der Waals surface area contributed by atoms with Crippen molar-refractivity contribution in [3.05, 3.63) is 95.6 Å². The van der Waals surface area contributed by atoms with Crippen molar-refractivity contribution >= 4 is 18.0 Å². The Labute approximate surface area is 209 Å². The Morgan fingerprint density at radius 2 is 1.50 bits per heavy atom. The van der Waals surface area contributed by atoms with Crippen LogP contribution in [0.15, 0.2) is 78.9 Å². The first-order valence-electron chi connectivity index (χ1n) is 11.6. The Kier molecular flexibility index (Phi) is 7.97. The summed E-state index contributed by atoms with van der Waals surface area (Å²) in [6, 6.07) is 23.9. The molecule has 0 spiro atoms. The van der Waals surface area contributed by atoms with Crippen LogP contribution in [0.4, 0.5) is 4.79 Å². The van der Waals surface area contributed by atoms with E-state index in [1.807, 2.05) is 54.6 Å². The monoisotopic (exact) mass is 488 g/mol. The molecular weight excluding hydrogens is 460 g/mol. The molecule has 1 aliphatic carbocycles. The first-order valence-corrected chi connectivity index (χ1v) is 11.6. The summed E-state index contributed by atoms with van der Waals surface area (Å²) in [4.78, 5) is 38.5. The zero-order valence-electron chi connectivity index (χ0n) is 19.9. The maximum absolute atomic E-state index is 13.2. The van der Waals surface area contributed by atoms with Crippen molar-refractivity contribution in [2.45, 2.75) is 18.5 Å². The van der Waals surface area contributed by atoms with Crippen LogP contribution in [-0.2, 0) is 25.6 Å². The Morgan fingerprint density at radius 1 is 0.917 bits per heavy atom. The van der Waals surface area contributed by atoms with Gasteiger partial charge >= 0.3 is 12.1 Å². The largest absolute Gasteiger partial charge is 0.480 e. The topological polar surface area (TPSA) is 105 Å². The zero-order chi connectivity index (χ0) is 25.5. The van der Waals surface area contributed by atoms with Gasteiger partial charge in [-0.2, -0.15) is 0 Å². The fourth-order valence-electron chi connectivity index (χ4n) is 4.52. The van der Waals surface area contributed by atoms with E-state index in [-0.39, 0.29) is 25.7 Å². The van der Waals surface area contributed by atoms with E-state index in [2.05, 4.69) is 5.32 Å². The lowest BCUT2D eigenvalue weighted by molar-refractivity contribution is -0.146. The summed E-state index contributed by atoms with van der Waals surface area (Å²) in [6.07, 6.45) is -0.776. The molecule has 0 heterocycles. The summed E-state index contributed by atoms with van der Waals surface area (Å²) in [7, 11) is 1.40. The van der Waals surface area contributed by atoms with Crippen molar-refractivity contribution in [1.82, 2.24) is 10.2 Å². The van der Waals surface area contributed by atoms with Crippen LogP contribution in [0, 0.1) is 0 Å². The number of benzene rings is 3. The van der Waals surface area contributed by atoms with E-state index >= 15 is 0 Å². The van der Waals surface area contributed by atoms with Gasteiger partial charge < -0.3 is 24.8 Å². The minimum atomic E-state index is -1.16. The molecule has 0 saturated heterocycles. The smallest absolute Gasteiger partial charge is 0.407 e. The highest BCUT2D eigenvalue weighted by molar-refractivity contribution is 5.88. The zero-order valence-corrected chi connectivity index (χ0v) is 19.9. The summed E-state index contributed by atoms with van der Waals surface area (Å²) in [5.74, 6) is -1.85. The summed E-state index contributed by atoms with van der Waals surface area (Å²) in [5, 5.41) is 11.9. The van der Waals surface area contributed by atoms with Crippen LogP contribution in [0.2, 0.25) is 0 Å². The highest BCUT2D eigenvalue weighted by Crippen LogP contribution is 2.44. The molecule has 2 amide bonds. The lowest BCUT2D eigenvalue weighted by Crippen LogP contribution is -2.52. The van der Waals surface area contributed by atoms with Gasteiger partial charge in [-0.25, -0.2) is 4.79 Å². The molecule has 3 aromatic carbocycles. The van der Waals surface area contributed by atoms with E-state index in [0.717, 1.165) is 27.8 Å². The third kappa shape index (κ3) is 5.72. The molecule has 8 nitrogen and oxygen atoms in total. The minimum Gasteiger partial charge on any atom is -0.480 e. The highest BCUT2D eigenvalue weighted by atomic mass is 16.5. The Balaban J connectivity index is 1.44. The van der Waals surface area contributed by atoms with E-state index in [1.165, 1.54) is 12.0 Å². The number of methoxy groups -OCH3 is 1. The quantitative estimate of drug-likeness (QED) is 0.451. The molecule has 0 bridgehead atoms. The molecule has 0 radical (unpaired) electrons. The summed E-state index contributed by atoms with van der Waals surface area (Å²) < 4.78 is 10.7. The van der Waals surface area contributed by atoms with Crippen molar-refractivity contribution in [3.63, 3.8) is 0 Å². The van der Waals surface area contributed by atoms with Crippen LogP contribution in [0.25, 0.3) is 11.1 Å². The number of carbonyl (C=O) groups excluding carboxylic acids is 2. The van der Waals surface area contributed by atoms with Crippen LogP contribution in [0.5, 0.6) is 0 Å². The number of carbonyl (C=O) groups is 3. The van der Waals surface area contributed by atoms with E-state index in [1.54, 1.807) is 24.3 Å². The summed E-state index contributed by atoms with van der Waals surface area (Å²) in [6.45, 7) is -0.469. The number of amides is 2. The Bertz CT molecular complexity index is 1180. The van der Waals surface area contributed by atoms with Gasteiger partial charge in [-0.1, -0.05) is 78.9 Å². The van der Waals surface area contributed by atoms with Gasteiger partial charge in [-0.3, -0.25) is 9.59 Å². The van der Waals surface area contributed by atoms with Crippen LogP contribution in [0.3, 0.4) is 0 Å². The molecule has 1 aliphatic rings. The van der Waals surface area contributed by atoms with Crippen molar-refractivity contribution in [1.29, 1.82) is 0 Å². The maximum Gasteiger partial charge on any atom is 0.407 e. The number of aliphatic carboxylic acids is 1. The molecule has 186 valence electrons. The molecule has 2 N–H and O–H groups in total. The second-order valence-corrected chi connectivity index (χ2v) is 8.55. The van der Waals surface area contributed by atoms with E-state index in [4.69, 9.17) is 9.47 Å². The number of ether oxygens (including phenoxy) is 2. The van der Waals surface area contributed by atoms with Crippen molar-refractivity contribution in [2.75, 3.05) is 26.9 Å². The fraction of sp³-hybridized carbons (Fsp3) is 0.250. The number of hydrogen-bond donors (Lipinski definition) is 2. The van der Waals surface area contributed by atoms with Gasteiger partial charge in [0.15, 0.2) is 0 Å². The third-order valence-electron chi connectivity index (χ3n) is 6.12. The van der Waals surface area contributed by atoms with E-state index in [0.29, 0.717) is 0 Å². The van der Waals surface area contributed by atoms with Gasteiger partial charge in [0.05, 0.1) is 6.61 Å². The van der Waals surface area contributed by atoms with Crippen LogP contribution in [-0.4, -0.2) is 60.9 Å². The lowest BCUT2D eigenvalue weighted by atomic mass is 9.98. The molecule has 8 heteroatoms. The number of rotatable bonds is 10. The molecular formula is C28H28N2O6. The molecule has 4 rings (SSSR count). The van der Waals surface area contributed by atoms with Gasteiger partial charge in [-0.05, 0) is 27.8 Å². The van der Waals surface area contributed by atoms with Gasteiger partial charge in [-0.15, -0.1) is 0 Å². The second kappa shape index (κ2) is 11.5. The molecule has 0 aromatic heterocycles. The minimum absolute atomic E-state index is 0.0819. The molecule has 0 saturated carbocycles.